The number of anilines is 1. The third kappa shape index (κ3) is 4.19. The first-order valence-corrected chi connectivity index (χ1v) is 9.69. The van der Waals surface area contributed by atoms with Gasteiger partial charge in [0.2, 0.25) is 0 Å². The SMILES string of the molecule is O=C(Nc1ccc(Cl)c([N+](=O)[O-])c1)c1cc2cccnc2n(Cc2ccc(F)cc2)c1=O. The van der Waals surface area contributed by atoms with Crippen LogP contribution < -0.4 is 10.9 Å². The Hall–Kier alpha value is -4.11. The molecule has 4 rings (SSSR count). The van der Waals surface area contributed by atoms with E-state index < -0.39 is 22.2 Å². The van der Waals surface area contributed by atoms with Crippen molar-refractivity contribution in [3.05, 3.63) is 109 Å². The third-order valence-corrected chi connectivity index (χ3v) is 5.07. The van der Waals surface area contributed by atoms with E-state index in [2.05, 4.69) is 10.3 Å². The minimum atomic E-state index is -0.745. The number of nitrogens with one attached hydrogen (secondary N) is 1. The number of rotatable bonds is 5. The predicted molar refractivity (Wildman–Crippen MR) is 118 cm³/mol. The van der Waals surface area contributed by atoms with Crippen molar-refractivity contribution in [2.45, 2.75) is 6.54 Å². The second-order valence-electron chi connectivity index (χ2n) is 6.87. The highest BCUT2D eigenvalue weighted by atomic mass is 35.5. The molecule has 4 aromatic rings. The van der Waals surface area contributed by atoms with Gasteiger partial charge < -0.3 is 5.32 Å². The smallest absolute Gasteiger partial charge is 0.289 e. The Morgan fingerprint density at radius 1 is 1.16 bits per heavy atom. The number of pyridine rings is 2. The van der Waals surface area contributed by atoms with Crippen LogP contribution in [0.1, 0.15) is 15.9 Å². The summed E-state index contributed by atoms with van der Waals surface area (Å²) in [6, 6.07) is 14.2. The van der Waals surface area contributed by atoms with Gasteiger partial charge >= 0.3 is 0 Å². The molecular weight excluding hydrogens is 439 g/mol. The molecule has 0 aliphatic rings. The van der Waals surface area contributed by atoms with Gasteiger partial charge in [-0.15, -0.1) is 0 Å². The minimum absolute atomic E-state index is 0.0696. The van der Waals surface area contributed by atoms with Gasteiger partial charge in [-0.3, -0.25) is 24.3 Å². The molecule has 0 aliphatic carbocycles. The zero-order valence-electron chi connectivity index (χ0n) is 16.3. The molecule has 0 atom stereocenters. The van der Waals surface area contributed by atoms with Gasteiger partial charge in [0.15, 0.2) is 0 Å². The molecule has 0 spiro atoms. The van der Waals surface area contributed by atoms with Crippen molar-refractivity contribution < 1.29 is 14.1 Å². The molecule has 32 heavy (non-hydrogen) atoms. The Morgan fingerprint density at radius 3 is 2.62 bits per heavy atom. The highest BCUT2D eigenvalue weighted by Gasteiger charge is 2.19. The van der Waals surface area contributed by atoms with Crippen LogP contribution in [0, 0.1) is 15.9 Å². The number of nitrogens with zero attached hydrogens (tertiary/aromatic N) is 3. The molecule has 2 aromatic heterocycles. The van der Waals surface area contributed by atoms with Gasteiger partial charge in [-0.05, 0) is 48.0 Å². The molecule has 2 heterocycles. The Kier molecular flexibility index (Phi) is 5.65. The van der Waals surface area contributed by atoms with Crippen LogP contribution in [-0.2, 0) is 6.54 Å². The summed E-state index contributed by atoms with van der Waals surface area (Å²) in [6.45, 7) is 0.0696. The van der Waals surface area contributed by atoms with Gasteiger partial charge in [0, 0.05) is 23.3 Å². The summed E-state index contributed by atoms with van der Waals surface area (Å²) in [6.07, 6.45) is 1.52. The number of carbonyl (C=O) groups is 1. The van der Waals surface area contributed by atoms with E-state index in [0.717, 1.165) is 6.07 Å². The lowest BCUT2D eigenvalue weighted by molar-refractivity contribution is -0.384. The first kappa shape index (κ1) is 21.1. The molecule has 0 aliphatic heterocycles. The van der Waals surface area contributed by atoms with Crippen LogP contribution in [0.25, 0.3) is 11.0 Å². The molecule has 8 nitrogen and oxygen atoms in total. The van der Waals surface area contributed by atoms with Crippen LogP contribution >= 0.6 is 11.6 Å². The summed E-state index contributed by atoms with van der Waals surface area (Å²) in [5, 5.41) is 14.1. The maximum atomic E-state index is 13.3. The number of amides is 1. The predicted octanol–water partition coefficient (Wildman–Crippen LogP) is 4.40. The molecule has 1 N–H and O–H groups in total. The molecule has 0 fully saturated rings. The Bertz CT molecular complexity index is 1420. The van der Waals surface area contributed by atoms with E-state index in [1.807, 2.05) is 0 Å². The molecule has 0 unspecified atom stereocenters. The molecule has 10 heteroatoms. The lowest BCUT2D eigenvalue weighted by Gasteiger charge is -2.12. The zero-order chi connectivity index (χ0) is 22.8. The monoisotopic (exact) mass is 452 g/mol. The fraction of sp³-hybridized carbons (Fsp3) is 0.0455. The van der Waals surface area contributed by atoms with Crippen LogP contribution in [0.4, 0.5) is 15.8 Å². The summed E-state index contributed by atoms with van der Waals surface area (Å²) < 4.78 is 14.6. The van der Waals surface area contributed by atoms with Crippen LogP contribution in [0.3, 0.4) is 0 Å². The first-order valence-electron chi connectivity index (χ1n) is 9.32. The zero-order valence-corrected chi connectivity index (χ0v) is 17.0. The van der Waals surface area contributed by atoms with Gasteiger partial charge in [0.25, 0.3) is 17.2 Å². The van der Waals surface area contributed by atoms with E-state index in [1.54, 1.807) is 12.1 Å². The highest BCUT2D eigenvalue weighted by Crippen LogP contribution is 2.27. The van der Waals surface area contributed by atoms with E-state index >= 15 is 0 Å². The number of nitro benzene ring substituents is 1. The Morgan fingerprint density at radius 2 is 1.91 bits per heavy atom. The van der Waals surface area contributed by atoms with Crippen LogP contribution in [-0.4, -0.2) is 20.4 Å². The summed E-state index contributed by atoms with van der Waals surface area (Å²) in [5.74, 6) is -1.15. The normalized spacial score (nSPS) is 10.8. The van der Waals surface area contributed by atoms with Crippen molar-refractivity contribution in [3.8, 4) is 0 Å². The minimum Gasteiger partial charge on any atom is -0.322 e. The largest absolute Gasteiger partial charge is 0.322 e. The van der Waals surface area contributed by atoms with E-state index in [0.29, 0.717) is 16.6 Å². The number of nitro groups is 1. The first-order chi connectivity index (χ1) is 15.3. The molecule has 0 bridgehead atoms. The van der Waals surface area contributed by atoms with Crippen LogP contribution in [0.2, 0.25) is 5.02 Å². The number of carbonyl (C=O) groups excluding carboxylic acids is 1. The Balaban J connectivity index is 1.76. The molecule has 0 saturated carbocycles. The molecule has 1 amide bonds. The molecule has 160 valence electrons. The summed E-state index contributed by atoms with van der Waals surface area (Å²) >= 11 is 5.80. The standard InChI is InChI=1S/C22H14ClFN4O4/c23-18-8-7-16(11-19(18)28(31)32)26-21(29)17-10-14-2-1-9-25-20(14)27(22(17)30)12-13-3-5-15(24)6-4-13/h1-11H,12H2,(H,26,29). The van der Waals surface area contributed by atoms with E-state index in [-0.39, 0.29) is 28.5 Å². The summed E-state index contributed by atoms with van der Waals surface area (Å²) in [4.78, 5) is 40.7. The number of hydrogen-bond acceptors (Lipinski definition) is 5. The van der Waals surface area contributed by atoms with E-state index in [1.165, 1.54) is 53.2 Å². The maximum absolute atomic E-state index is 13.3. The van der Waals surface area contributed by atoms with Crippen molar-refractivity contribution in [2.24, 2.45) is 0 Å². The van der Waals surface area contributed by atoms with Gasteiger partial charge in [0.05, 0.1) is 11.5 Å². The number of benzene rings is 2. The van der Waals surface area contributed by atoms with Crippen molar-refractivity contribution in [3.63, 3.8) is 0 Å². The number of fused-ring (bicyclic) bond motifs is 1. The van der Waals surface area contributed by atoms with Crippen LogP contribution in [0.5, 0.6) is 0 Å². The van der Waals surface area contributed by atoms with Crippen molar-refractivity contribution >= 4 is 39.9 Å². The quantitative estimate of drug-likeness (QED) is 0.357. The molecule has 2 aromatic carbocycles. The molecule has 0 saturated heterocycles. The fourth-order valence-electron chi connectivity index (χ4n) is 3.22. The van der Waals surface area contributed by atoms with Gasteiger partial charge in [-0.25, -0.2) is 9.37 Å². The maximum Gasteiger partial charge on any atom is 0.289 e. The van der Waals surface area contributed by atoms with Crippen molar-refractivity contribution in [1.29, 1.82) is 0 Å². The fourth-order valence-corrected chi connectivity index (χ4v) is 3.40. The van der Waals surface area contributed by atoms with Crippen molar-refractivity contribution in [2.75, 3.05) is 5.32 Å². The van der Waals surface area contributed by atoms with E-state index in [4.69, 9.17) is 11.6 Å². The molecule has 0 radical (unpaired) electrons. The lowest BCUT2D eigenvalue weighted by Crippen LogP contribution is -2.30. The number of halogens is 2. The average molecular weight is 453 g/mol. The lowest BCUT2D eigenvalue weighted by atomic mass is 10.1. The molecular formula is C22H14ClFN4O4. The topological polar surface area (TPSA) is 107 Å². The summed E-state index contributed by atoms with van der Waals surface area (Å²) in [5.41, 5.74) is -0.0405. The van der Waals surface area contributed by atoms with Crippen molar-refractivity contribution in [1.82, 2.24) is 9.55 Å². The Labute approximate surface area is 185 Å². The van der Waals surface area contributed by atoms with E-state index in [9.17, 15) is 24.1 Å². The third-order valence-electron chi connectivity index (χ3n) is 4.75. The van der Waals surface area contributed by atoms with Crippen LogP contribution in [0.15, 0.2) is 71.7 Å². The number of hydrogen-bond donors (Lipinski definition) is 1. The second kappa shape index (κ2) is 8.56. The second-order valence-corrected chi connectivity index (χ2v) is 7.28. The van der Waals surface area contributed by atoms with Gasteiger partial charge in [-0.1, -0.05) is 23.7 Å². The highest BCUT2D eigenvalue weighted by molar-refractivity contribution is 6.32. The number of aromatic nitrogens is 2. The van der Waals surface area contributed by atoms with Gasteiger partial charge in [-0.2, -0.15) is 0 Å². The van der Waals surface area contributed by atoms with Gasteiger partial charge in [0.1, 0.15) is 22.1 Å². The average Bonchev–Trinajstić information content (AvgIpc) is 2.78. The summed E-state index contributed by atoms with van der Waals surface area (Å²) in [7, 11) is 0.